The second-order valence-corrected chi connectivity index (χ2v) is 6.47. The van der Waals surface area contributed by atoms with Crippen molar-refractivity contribution < 1.29 is 22.3 Å². The Morgan fingerprint density at radius 3 is 2.72 bits per heavy atom. The number of aromatic nitrogens is 1. The maximum Gasteiger partial charge on any atom is 0.426 e. The van der Waals surface area contributed by atoms with E-state index < -0.39 is 17.6 Å². The highest BCUT2D eigenvalue weighted by Crippen LogP contribution is 2.54. The molecular weight excluding hydrogens is 336 g/mol. The summed E-state index contributed by atoms with van der Waals surface area (Å²) in [6.45, 7) is -0.0472. The molecule has 0 radical (unpaired) electrons. The van der Waals surface area contributed by atoms with Gasteiger partial charge in [0.15, 0.2) is 0 Å². The number of hydrogen-bond acceptors (Lipinski definition) is 3. The number of nitrogens with one attached hydrogen (secondary N) is 1. The SMILES string of the molecule is Fc1ccc2c(c1)C(OCCC1CC1)(C(F)(F)F)c1cccnc1N2. The first-order valence-corrected chi connectivity index (χ1v) is 8.15. The molecule has 2 heterocycles. The van der Waals surface area contributed by atoms with Gasteiger partial charge in [-0.2, -0.15) is 13.2 Å². The Labute approximate surface area is 142 Å². The molecule has 1 unspecified atom stereocenters. The first-order chi connectivity index (χ1) is 11.9. The molecule has 25 heavy (non-hydrogen) atoms. The number of benzene rings is 1. The lowest BCUT2D eigenvalue weighted by atomic mass is 9.81. The summed E-state index contributed by atoms with van der Waals surface area (Å²) in [7, 11) is 0. The average Bonchev–Trinajstić information content (AvgIpc) is 3.38. The molecule has 0 amide bonds. The number of ether oxygens (including phenoxy) is 1. The maximum atomic E-state index is 14.3. The Hall–Kier alpha value is -2.15. The van der Waals surface area contributed by atoms with Crippen LogP contribution >= 0.6 is 0 Å². The normalized spacial score (nSPS) is 22.1. The van der Waals surface area contributed by atoms with E-state index in [1.807, 2.05) is 0 Å². The van der Waals surface area contributed by atoms with Crippen molar-refractivity contribution in [3.63, 3.8) is 0 Å². The molecule has 2 aliphatic rings. The number of pyridine rings is 1. The van der Waals surface area contributed by atoms with E-state index in [1.54, 1.807) is 0 Å². The second-order valence-electron chi connectivity index (χ2n) is 6.47. The zero-order valence-electron chi connectivity index (χ0n) is 13.2. The molecule has 0 spiro atoms. The molecule has 1 atom stereocenters. The smallest absolute Gasteiger partial charge is 0.356 e. The van der Waals surface area contributed by atoms with Crippen molar-refractivity contribution in [3.8, 4) is 0 Å². The van der Waals surface area contributed by atoms with Gasteiger partial charge in [0.1, 0.15) is 11.6 Å². The van der Waals surface area contributed by atoms with Crippen molar-refractivity contribution in [1.29, 1.82) is 0 Å². The summed E-state index contributed by atoms with van der Waals surface area (Å²) < 4.78 is 62.3. The molecule has 1 aliphatic carbocycles. The Bertz CT molecular complexity index is 804. The van der Waals surface area contributed by atoms with Gasteiger partial charge in [0.2, 0.25) is 5.60 Å². The van der Waals surface area contributed by atoms with Crippen LogP contribution in [0.1, 0.15) is 30.4 Å². The van der Waals surface area contributed by atoms with E-state index in [9.17, 15) is 17.6 Å². The number of fused-ring (bicyclic) bond motifs is 2. The van der Waals surface area contributed by atoms with Gasteiger partial charge in [-0.25, -0.2) is 9.37 Å². The summed E-state index contributed by atoms with van der Waals surface area (Å²) in [5.41, 5.74) is -2.99. The van der Waals surface area contributed by atoms with Crippen LogP contribution in [0.15, 0.2) is 36.5 Å². The fourth-order valence-corrected chi connectivity index (χ4v) is 3.31. The van der Waals surface area contributed by atoms with E-state index >= 15 is 0 Å². The largest absolute Gasteiger partial charge is 0.426 e. The average molecular weight is 352 g/mol. The van der Waals surface area contributed by atoms with Crippen molar-refractivity contribution in [2.24, 2.45) is 5.92 Å². The quantitative estimate of drug-likeness (QED) is 0.795. The van der Waals surface area contributed by atoms with Crippen LogP contribution in [0.2, 0.25) is 0 Å². The van der Waals surface area contributed by atoms with Gasteiger partial charge in [0, 0.05) is 29.6 Å². The Balaban J connectivity index is 1.88. The van der Waals surface area contributed by atoms with Gasteiger partial charge in [-0.15, -0.1) is 0 Å². The predicted octanol–water partition coefficient (Wildman–Crippen LogP) is 4.90. The van der Waals surface area contributed by atoms with Gasteiger partial charge < -0.3 is 10.1 Å². The zero-order chi connectivity index (χ0) is 17.7. The highest BCUT2D eigenvalue weighted by atomic mass is 19.4. The summed E-state index contributed by atoms with van der Waals surface area (Å²) in [4.78, 5) is 4.02. The first kappa shape index (κ1) is 16.3. The summed E-state index contributed by atoms with van der Waals surface area (Å²) in [6, 6.07) is 6.05. The van der Waals surface area contributed by atoms with E-state index in [-0.39, 0.29) is 29.2 Å². The van der Waals surface area contributed by atoms with Gasteiger partial charge in [0.05, 0.1) is 0 Å². The number of alkyl halides is 3. The molecule has 0 saturated heterocycles. The summed E-state index contributed by atoms with van der Waals surface area (Å²) in [5.74, 6) is -0.245. The van der Waals surface area contributed by atoms with Crippen molar-refractivity contribution in [1.82, 2.24) is 4.98 Å². The van der Waals surface area contributed by atoms with Gasteiger partial charge in [-0.1, -0.05) is 18.9 Å². The van der Waals surface area contributed by atoms with Crippen LogP contribution in [0.25, 0.3) is 0 Å². The predicted molar refractivity (Wildman–Crippen MR) is 84.0 cm³/mol. The topological polar surface area (TPSA) is 34.1 Å². The molecule has 3 nitrogen and oxygen atoms in total. The van der Waals surface area contributed by atoms with Crippen LogP contribution < -0.4 is 5.32 Å². The van der Waals surface area contributed by atoms with Crippen molar-refractivity contribution in [2.45, 2.75) is 31.0 Å². The van der Waals surface area contributed by atoms with Crippen LogP contribution in [0.4, 0.5) is 29.1 Å². The minimum Gasteiger partial charge on any atom is -0.356 e. The molecule has 132 valence electrons. The maximum absolute atomic E-state index is 14.3. The molecule has 7 heteroatoms. The standard InChI is InChI=1S/C18H16F4N2O/c19-12-5-6-15-14(10-12)17(18(20,21)22,25-9-7-11-3-4-11)13-2-1-8-23-16(13)24-15/h1-2,5-6,8,10-11H,3-4,7,9H2,(H,23,24). The van der Waals surface area contributed by atoms with Crippen LogP contribution in [-0.4, -0.2) is 17.8 Å². The summed E-state index contributed by atoms with van der Waals surface area (Å²) in [6.07, 6.45) is -0.753. The molecule has 1 N–H and O–H groups in total. The lowest BCUT2D eigenvalue weighted by Crippen LogP contribution is -2.48. The third kappa shape index (κ3) is 2.66. The third-order valence-electron chi connectivity index (χ3n) is 4.74. The van der Waals surface area contributed by atoms with Crippen LogP contribution in [-0.2, 0) is 10.3 Å². The summed E-state index contributed by atoms with van der Waals surface area (Å²) in [5, 5.41) is 2.85. The molecule has 2 aromatic rings. The van der Waals surface area contributed by atoms with Gasteiger partial charge >= 0.3 is 6.18 Å². The Kier molecular flexibility index (Phi) is 3.72. The minimum absolute atomic E-state index is 0.0472. The molecule has 0 bridgehead atoms. The van der Waals surface area contributed by atoms with Gasteiger partial charge in [-0.05, 0) is 36.6 Å². The lowest BCUT2D eigenvalue weighted by molar-refractivity contribution is -0.267. The number of nitrogens with zero attached hydrogens (tertiary/aromatic N) is 1. The highest BCUT2D eigenvalue weighted by molar-refractivity contribution is 5.73. The lowest BCUT2D eigenvalue weighted by Gasteiger charge is -2.41. The van der Waals surface area contributed by atoms with E-state index in [1.165, 1.54) is 24.4 Å². The molecular formula is C18H16F4N2O. The van der Waals surface area contributed by atoms with Crippen LogP contribution in [0, 0.1) is 11.7 Å². The Morgan fingerprint density at radius 1 is 1.20 bits per heavy atom. The van der Waals surface area contributed by atoms with Crippen molar-refractivity contribution in [2.75, 3.05) is 11.9 Å². The molecule has 1 aromatic heterocycles. The van der Waals surface area contributed by atoms with Crippen LogP contribution in [0.3, 0.4) is 0 Å². The van der Waals surface area contributed by atoms with Gasteiger partial charge in [0.25, 0.3) is 0 Å². The van der Waals surface area contributed by atoms with Crippen molar-refractivity contribution >= 4 is 11.5 Å². The summed E-state index contributed by atoms with van der Waals surface area (Å²) >= 11 is 0. The third-order valence-corrected chi connectivity index (χ3v) is 4.74. The van der Waals surface area contributed by atoms with Gasteiger partial charge in [-0.3, -0.25) is 0 Å². The molecule has 4 rings (SSSR count). The molecule has 1 saturated carbocycles. The van der Waals surface area contributed by atoms with E-state index in [2.05, 4.69) is 10.3 Å². The number of anilines is 2. The molecule has 1 fully saturated rings. The second kappa shape index (κ2) is 5.69. The van der Waals surface area contributed by atoms with E-state index in [0.29, 0.717) is 12.3 Å². The number of hydrogen-bond donors (Lipinski definition) is 1. The first-order valence-electron chi connectivity index (χ1n) is 8.15. The van der Waals surface area contributed by atoms with Crippen molar-refractivity contribution in [3.05, 3.63) is 53.5 Å². The zero-order valence-corrected chi connectivity index (χ0v) is 13.2. The van der Waals surface area contributed by atoms with E-state index in [0.717, 1.165) is 25.0 Å². The fraction of sp³-hybridized carbons (Fsp3) is 0.389. The molecule has 1 aliphatic heterocycles. The fourth-order valence-electron chi connectivity index (χ4n) is 3.31. The Morgan fingerprint density at radius 2 is 2.00 bits per heavy atom. The highest BCUT2D eigenvalue weighted by Gasteiger charge is 2.62. The molecule has 1 aromatic carbocycles. The van der Waals surface area contributed by atoms with Crippen LogP contribution in [0.5, 0.6) is 0 Å². The number of rotatable bonds is 4. The monoisotopic (exact) mass is 352 g/mol. The number of halogens is 4. The van der Waals surface area contributed by atoms with E-state index in [4.69, 9.17) is 4.74 Å². The minimum atomic E-state index is -4.76.